The van der Waals surface area contributed by atoms with Gasteiger partial charge in [0, 0.05) is 37.8 Å². The molecule has 25 heavy (non-hydrogen) atoms. The molecular formula is C18H25FN4O2. The largest absolute Gasteiger partial charge is 0.419 e. The Morgan fingerprint density at radius 3 is 2.72 bits per heavy atom. The van der Waals surface area contributed by atoms with Crippen molar-refractivity contribution in [2.75, 3.05) is 26.2 Å². The van der Waals surface area contributed by atoms with E-state index in [2.05, 4.69) is 26.9 Å². The van der Waals surface area contributed by atoms with Crippen LogP contribution in [0.2, 0.25) is 0 Å². The van der Waals surface area contributed by atoms with Gasteiger partial charge in [0.05, 0.1) is 12.6 Å². The number of nitrogens with zero attached hydrogens (tertiary/aromatic N) is 4. The lowest BCUT2D eigenvalue weighted by Gasteiger charge is -2.41. The zero-order chi connectivity index (χ0) is 17.8. The van der Waals surface area contributed by atoms with E-state index in [9.17, 15) is 9.50 Å². The molecule has 0 radical (unpaired) electrons. The Balaban J connectivity index is 1.61. The molecule has 0 saturated carbocycles. The SMILES string of the molecule is CCC1CN(Cc2nnc(-c3ccc(F)cc3)o2)CCN1CC(C)O. The fourth-order valence-electron chi connectivity index (χ4n) is 3.29. The number of benzene rings is 1. The van der Waals surface area contributed by atoms with Gasteiger partial charge in [-0.2, -0.15) is 0 Å². The van der Waals surface area contributed by atoms with Crippen LogP contribution in [0.1, 0.15) is 26.2 Å². The summed E-state index contributed by atoms with van der Waals surface area (Å²) >= 11 is 0. The van der Waals surface area contributed by atoms with E-state index in [1.54, 1.807) is 12.1 Å². The molecule has 2 unspecified atom stereocenters. The number of aliphatic hydroxyl groups excluding tert-OH is 1. The smallest absolute Gasteiger partial charge is 0.247 e. The zero-order valence-corrected chi connectivity index (χ0v) is 14.7. The highest BCUT2D eigenvalue weighted by Gasteiger charge is 2.27. The lowest BCUT2D eigenvalue weighted by Crippen LogP contribution is -2.54. The van der Waals surface area contributed by atoms with Crippen LogP contribution in [-0.2, 0) is 6.54 Å². The molecule has 7 heteroatoms. The molecule has 1 N–H and O–H groups in total. The molecule has 1 saturated heterocycles. The third-order valence-electron chi connectivity index (χ3n) is 4.58. The molecule has 1 aromatic carbocycles. The van der Waals surface area contributed by atoms with Crippen LogP contribution in [0.3, 0.4) is 0 Å². The second-order valence-electron chi connectivity index (χ2n) is 6.65. The van der Waals surface area contributed by atoms with Crippen molar-refractivity contribution in [2.45, 2.75) is 39.0 Å². The van der Waals surface area contributed by atoms with Crippen LogP contribution in [0.4, 0.5) is 4.39 Å². The maximum atomic E-state index is 13.0. The number of aromatic nitrogens is 2. The van der Waals surface area contributed by atoms with Gasteiger partial charge in [0.1, 0.15) is 5.82 Å². The lowest BCUT2D eigenvalue weighted by molar-refractivity contribution is 0.0309. The Kier molecular flexibility index (Phi) is 5.78. The molecule has 0 spiro atoms. The molecule has 6 nitrogen and oxygen atoms in total. The average molecular weight is 348 g/mol. The van der Waals surface area contributed by atoms with E-state index in [4.69, 9.17) is 4.42 Å². The van der Waals surface area contributed by atoms with Gasteiger partial charge in [-0.3, -0.25) is 9.80 Å². The molecule has 0 aliphatic carbocycles. The first kappa shape index (κ1) is 18.0. The first-order valence-electron chi connectivity index (χ1n) is 8.78. The molecule has 2 atom stereocenters. The van der Waals surface area contributed by atoms with Crippen LogP contribution >= 0.6 is 0 Å². The van der Waals surface area contributed by atoms with Gasteiger partial charge in [0.2, 0.25) is 11.8 Å². The predicted molar refractivity (Wildman–Crippen MR) is 92.3 cm³/mol. The average Bonchev–Trinajstić information content (AvgIpc) is 3.05. The van der Waals surface area contributed by atoms with Gasteiger partial charge in [-0.25, -0.2) is 4.39 Å². The minimum absolute atomic E-state index is 0.288. The summed E-state index contributed by atoms with van der Waals surface area (Å²) in [5.74, 6) is 0.692. The Labute approximate surface area is 147 Å². The van der Waals surface area contributed by atoms with Crippen molar-refractivity contribution in [3.63, 3.8) is 0 Å². The minimum Gasteiger partial charge on any atom is -0.419 e. The highest BCUT2D eigenvalue weighted by atomic mass is 19.1. The normalized spacial score (nSPS) is 20.7. The van der Waals surface area contributed by atoms with E-state index in [-0.39, 0.29) is 11.9 Å². The van der Waals surface area contributed by atoms with Crippen molar-refractivity contribution < 1.29 is 13.9 Å². The first-order valence-corrected chi connectivity index (χ1v) is 8.78. The van der Waals surface area contributed by atoms with Gasteiger partial charge in [-0.1, -0.05) is 6.92 Å². The van der Waals surface area contributed by atoms with Crippen LogP contribution < -0.4 is 0 Å². The van der Waals surface area contributed by atoms with Crippen molar-refractivity contribution in [1.29, 1.82) is 0 Å². The van der Waals surface area contributed by atoms with Crippen LogP contribution in [0, 0.1) is 5.82 Å². The van der Waals surface area contributed by atoms with Crippen molar-refractivity contribution >= 4 is 0 Å². The predicted octanol–water partition coefficient (Wildman–Crippen LogP) is 2.15. The van der Waals surface area contributed by atoms with Crippen molar-refractivity contribution in [3.8, 4) is 11.5 Å². The lowest BCUT2D eigenvalue weighted by atomic mass is 10.1. The monoisotopic (exact) mass is 348 g/mol. The summed E-state index contributed by atoms with van der Waals surface area (Å²) in [5.41, 5.74) is 0.716. The number of hydrogen-bond donors (Lipinski definition) is 1. The summed E-state index contributed by atoms with van der Waals surface area (Å²) in [5, 5.41) is 17.8. The number of aliphatic hydroxyl groups is 1. The number of halogens is 1. The Hall–Kier alpha value is -1.83. The molecule has 1 aromatic heterocycles. The molecule has 0 amide bonds. The Morgan fingerprint density at radius 1 is 1.28 bits per heavy atom. The van der Waals surface area contributed by atoms with Gasteiger partial charge in [-0.05, 0) is 37.6 Å². The van der Waals surface area contributed by atoms with Gasteiger partial charge >= 0.3 is 0 Å². The van der Waals surface area contributed by atoms with Gasteiger partial charge < -0.3 is 9.52 Å². The van der Waals surface area contributed by atoms with Gasteiger partial charge in [-0.15, -0.1) is 10.2 Å². The summed E-state index contributed by atoms with van der Waals surface area (Å²) in [6.45, 7) is 8.04. The van der Waals surface area contributed by atoms with E-state index < -0.39 is 0 Å². The highest BCUT2D eigenvalue weighted by Crippen LogP contribution is 2.20. The van der Waals surface area contributed by atoms with E-state index in [1.807, 2.05) is 6.92 Å². The molecule has 1 aliphatic rings. The molecule has 136 valence electrons. The second-order valence-corrected chi connectivity index (χ2v) is 6.65. The summed E-state index contributed by atoms with van der Waals surface area (Å²) in [7, 11) is 0. The molecule has 1 fully saturated rings. The fourth-order valence-corrected chi connectivity index (χ4v) is 3.29. The highest BCUT2D eigenvalue weighted by molar-refractivity contribution is 5.51. The van der Waals surface area contributed by atoms with Gasteiger partial charge in [0.25, 0.3) is 0 Å². The summed E-state index contributed by atoms with van der Waals surface area (Å²) < 4.78 is 18.7. The number of hydrogen-bond acceptors (Lipinski definition) is 6. The maximum Gasteiger partial charge on any atom is 0.247 e. The van der Waals surface area contributed by atoms with Gasteiger partial charge in [0.15, 0.2) is 0 Å². The quantitative estimate of drug-likeness (QED) is 0.863. The van der Waals surface area contributed by atoms with Crippen molar-refractivity contribution in [2.24, 2.45) is 0 Å². The van der Waals surface area contributed by atoms with E-state index in [0.717, 1.165) is 26.1 Å². The van der Waals surface area contributed by atoms with E-state index in [1.165, 1.54) is 12.1 Å². The van der Waals surface area contributed by atoms with Crippen molar-refractivity contribution in [3.05, 3.63) is 36.0 Å². The molecule has 2 aromatic rings. The molecule has 2 heterocycles. The van der Waals surface area contributed by atoms with Crippen LogP contribution in [0.25, 0.3) is 11.5 Å². The summed E-state index contributed by atoms with van der Waals surface area (Å²) in [6.07, 6.45) is 0.725. The summed E-state index contributed by atoms with van der Waals surface area (Å²) in [4.78, 5) is 4.65. The Bertz CT molecular complexity index is 674. The maximum absolute atomic E-state index is 13.0. The van der Waals surface area contributed by atoms with Crippen LogP contribution in [0.5, 0.6) is 0 Å². The fraction of sp³-hybridized carbons (Fsp3) is 0.556. The molecule has 1 aliphatic heterocycles. The molecule has 3 rings (SSSR count). The first-order chi connectivity index (χ1) is 12.0. The van der Waals surface area contributed by atoms with E-state index in [0.29, 0.717) is 36.5 Å². The third-order valence-corrected chi connectivity index (χ3v) is 4.58. The topological polar surface area (TPSA) is 65.6 Å². The number of piperazine rings is 1. The second kappa shape index (κ2) is 8.03. The molecular weight excluding hydrogens is 323 g/mol. The molecule has 0 bridgehead atoms. The van der Waals surface area contributed by atoms with Crippen LogP contribution in [0.15, 0.2) is 28.7 Å². The van der Waals surface area contributed by atoms with E-state index >= 15 is 0 Å². The number of β-amino-alcohol motifs (C(OH)–C–C–N with tert-alkyl or cyclic N) is 1. The Morgan fingerprint density at radius 2 is 2.04 bits per heavy atom. The number of rotatable bonds is 6. The van der Waals surface area contributed by atoms with Crippen LogP contribution in [-0.4, -0.2) is 63.4 Å². The minimum atomic E-state index is -0.310. The van der Waals surface area contributed by atoms with Crippen molar-refractivity contribution in [1.82, 2.24) is 20.0 Å². The standard InChI is InChI=1S/C18H25FN4O2/c1-3-16-11-22(8-9-23(16)10-13(2)24)12-17-20-21-18(25-17)14-4-6-15(19)7-5-14/h4-7,13,16,24H,3,8-12H2,1-2H3. The third kappa shape index (κ3) is 4.62. The summed E-state index contributed by atoms with van der Waals surface area (Å²) in [6, 6.07) is 6.45. The zero-order valence-electron chi connectivity index (χ0n) is 14.7.